The fraction of sp³-hybridized carbons (Fsp3) is 0.500. The summed E-state index contributed by atoms with van der Waals surface area (Å²) in [5, 5.41) is 0. The second-order valence-electron chi connectivity index (χ2n) is 0.605. The van der Waals surface area contributed by atoms with E-state index in [9.17, 15) is 9.18 Å². The summed E-state index contributed by atoms with van der Waals surface area (Å²) in [7, 11) is 0. The van der Waals surface area contributed by atoms with Crippen LogP contribution in [0.2, 0.25) is 0 Å². The standard InChI is InChI=1S/C2HBr2FO/c3-1(4)2(5)6/h1H. The van der Waals surface area contributed by atoms with Gasteiger partial charge in [-0.2, -0.15) is 4.39 Å². The van der Waals surface area contributed by atoms with Crippen LogP contribution in [0.4, 0.5) is 4.39 Å². The number of hydrogen-bond donors (Lipinski definition) is 0. The van der Waals surface area contributed by atoms with Crippen LogP contribution in [0.5, 0.6) is 0 Å². The third-order valence-corrected chi connectivity index (χ3v) is 0.891. The maximum absolute atomic E-state index is 11.1. The van der Waals surface area contributed by atoms with Crippen LogP contribution >= 0.6 is 31.9 Å². The van der Waals surface area contributed by atoms with Gasteiger partial charge < -0.3 is 0 Å². The van der Waals surface area contributed by atoms with Crippen molar-refractivity contribution in [2.45, 2.75) is 3.74 Å². The summed E-state index contributed by atoms with van der Waals surface area (Å²) in [5.74, 6) is 0. The van der Waals surface area contributed by atoms with Gasteiger partial charge in [0.25, 0.3) is 0 Å². The third kappa shape index (κ3) is 2.78. The lowest BCUT2D eigenvalue weighted by Gasteiger charge is -1.81. The molecule has 0 amide bonds. The largest absolute Gasteiger partial charge is 0.325 e. The Labute approximate surface area is 51.2 Å². The maximum atomic E-state index is 11.1. The monoisotopic (exact) mass is 218 g/mol. The fourth-order valence-electron chi connectivity index (χ4n) is 0. The predicted molar refractivity (Wildman–Crippen MR) is 27.8 cm³/mol. The number of alkyl halides is 2. The second kappa shape index (κ2) is 2.69. The molecule has 0 heterocycles. The van der Waals surface area contributed by atoms with Gasteiger partial charge in [-0.1, -0.05) is 31.9 Å². The summed E-state index contributed by atoms with van der Waals surface area (Å²) in [4.78, 5) is 9.38. The number of carbonyl (C=O) groups is 1. The quantitative estimate of drug-likeness (QED) is 0.484. The second-order valence-corrected chi connectivity index (χ2v) is 3.66. The van der Waals surface area contributed by atoms with Crippen molar-refractivity contribution in [1.82, 2.24) is 0 Å². The molecule has 0 bridgehead atoms. The van der Waals surface area contributed by atoms with E-state index in [1.807, 2.05) is 0 Å². The van der Waals surface area contributed by atoms with Gasteiger partial charge in [0.15, 0.2) is 3.74 Å². The number of hydrogen-bond acceptors (Lipinski definition) is 1. The van der Waals surface area contributed by atoms with Gasteiger partial charge in [-0.3, -0.25) is 4.79 Å². The van der Waals surface area contributed by atoms with E-state index in [1.165, 1.54) is 0 Å². The molecule has 0 aromatic carbocycles. The lowest BCUT2D eigenvalue weighted by atomic mass is 10.9. The number of carbonyl (C=O) groups excluding carboxylic acids is 1. The number of halogens is 3. The van der Waals surface area contributed by atoms with Crippen molar-refractivity contribution in [3.63, 3.8) is 0 Å². The zero-order chi connectivity index (χ0) is 5.15. The Morgan fingerprint density at radius 2 is 1.83 bits per heavy atom. The number of rotatable bonds is 1. The molecule has 0 rings (SSSR count). The molecule has 0 fully saturated rings. The van der Waals surface area contributed by atoms with E-state index < -0.39 is 9.77 Å². The van der Waals surface area contributed by atoms with Crippen molar-refractivity contribution in [1.29, 1.82) is 0 Å². The van der Waals surface area contributed by atoms with E-state index in [4.69, 9.17) is 0 Å². The zero-order valence-electron chi connectivity index (χ0n) is 2.62. The van der Waals surface area contributed by atoms with Crippen LogP contribution in [0, 0.1) is 0 Å². The molecular weight excluding hydrogens is 219 g/mol. The molecule has 6 heavy (non-hydrogen) atoms. The summed E-state index contributed by atoms with van der Waals surface area (Å²) < 4.78 is 10.3. The summed E-state index contributed by atoms with van der Waals surface area (Å²) in [6.07, 6.45) is 0. The molecule has 36 valence electrons. The van der Waals surface area contributed by atoms with Crippen LogP contribution in [-0.2, 0) is 4.79 Å². The molecule has 0 unspecified atom stereocenters. The lowest BCUT2D eigenvalue weighted by Crippen LogP contribution is -1.95. The van der Waals surface area contributed by atoms with E-state index in [0.29, 0.717) is 0 Å². The first-order chi connectivity index (χ1) is 2.64. The highest BCUT2D eigenvalue weighted by Gasteiger charge is 2.05. The van der Waals surface area contributed by atoms with Crippen molar-refractivity contribution in [3.8, 4) is 0 Å². The summed E-state index contributed by atoms with van der Waals surface area (Å²) in [5.41, 5.74) is 0. The molecular formula is C2HBr2FO. The molecule has 0 saturated carbocycles. The molecule has 0 radical (unpaired) electrons. The molecule has 1 nitrogen and oxygen atoms in total. The molecule has 0 spiro atoms. The molecule has 0 saturated heterocycles. The van der Waals surface area contributed by atoms with E-state index in [2.05, 4.69) is 31.9 Å². The Morgan fingerprint density at radius 3 is 1.83 bits per heavy atom. The van der Waals surface area contributed by atoms with Crippen molar-refractivity contribution < 1.29 is 9.18 Å². The van der Waals surface area contributed by atoms with Crippen LogP contribution in [0.15, 0.2) is 0 Å². The van der Waals surface area contributed by atoms with Crippen LogP contribution in [0.1, 0.15) is 0 Å². The van der Waals surface area contributed by atoms with Gasteiger partial charge in [-0.15, -0.1) is 0 Å². The molecule has 0 atom stereocenters. The average molecular weight is 220 g/mol. The minimum Gasteiger partial charge on any atom is -0.259 e. The Kier molecular flexibility index (Phi) is 2.94. The van der Waals surface area contributed by atoms with E-state index >= 15 is 0 Å². The first kappa shape index (κ1) is 6.56. The highest BCUT2D eigenvalue weighted by atomic mass is 79.9. The first-order valence-electron chi connectivity index (χ1n) is 1.12. The van der Waals surface area contributed by atoms with Crippen LogP contribution in [0.3, 0.4) is 0 Å². The highest BCUT2D eigenvalue weighted by molar-refractivity contribution is 9.25. The van der Waals surface area contributed by atoms with Crippen molar-refractivity contribution in [2.75, 3.05) is 0 Å². The molecule has 0 aliphatic rings. The summed E-state index contributed by atoms with van der Waals surface area (Å²) in [6, 6.07) is -1.41. The first-order valence-corrected chi connectivity index (χ1v) is 2.95. The third-order valence-electron chi connectivity index (χ3n) is 0.172. The minimum absolute atomic E-state index is 0.829. The van der Waals surface area contributed by atoms with Gasteiger partial charge >= 0.3 is 6.04 Å². The zero-order valence-corrected chi connectivity index (χ0v) is 5.79. The van der Waals surface area contributed by atoms with Crippen LogP contribution in [-0.4, -0.2) is 9.77 Å². The molecule has 4 heteroatoms. The smallest absolute Gasteiger partial charge is 0.259 e. The van der Waals surface area contributed by atoms with Gasteiger partial charge in [0, 0.05) is 0 Å². The molecule has 0 N–H and O–H groups in total. The maximum Gasteiger partial charge on any atom is 0.325 e. The van der Waals surface area contributed by atoms with E-state index in [-0.39, 0.29) is 0 Å². The molecule has 0 aliphatic heterocycles. The van der Waals surface area contributed by atoms with Gasteiger partial charge in [-0.25, -0.2) is 0 Å². The van der Waals surface area contributed by atoms with Crippen LogP contribution < -0.4 is 0 Å². The molecule has 0 aromatic heterocycles. The van der Waals surface area contributed by atoms with Gasteiger partial charge in [0.2, 0.25) is 0 Å². The lowest BCUT2D eigenvalue weighted by molar-refractivity contribution is -0.126. The Morgan fingerprint density at radius 1 is 1.67 bits per heavy atom. The van der Waals surface area contributed by atoms with Crippen molar-refractivity contribution in [3.05, 3.63) is 0 Å². The van der Waals surface area contributed by atoms with Gasteiger partial charge in [-0.05, 0) is 0 Å². The van der Waals surface area contributed by atoms with Crippen LogP contribution in [0.25, 0.3) is 0 Å². The molecule has 0 aromatic rings. The minimum atomic E-state index is -1.41. The van der Waals surface area contributed by atoms with E-state index in [1.54, 1.807) is 0 Å². The van der Waals surface area contributed by atoms with Crippen molar-refractivity contribution in [2.24, 2.45) is 0 Å². The van der Waals surface area contributed by atoms with Gasteiger partial charge in [0.05, 0.1) is 0 Å². The SMILES string of the molecule is O=C(F)C(Br)Br. The Balaban J connectivity index is 3.26. The van der Waals surface area contributed by atoms with Gasteiger partial charge in [0.1, 0.15) is 0 Å². The normalized spacial score (nSPS) is 9.33. The average Bonchev–Trinajstić information content (AvgIpc) is 1.36. The topological polar surface area (TPSA) is 17.1 Å². The highest BCUT2D eigenvalue weighted by Crippen LogP contribution is 2.08. The van der Waals surface area contributed by atoms with E-state index in [0.717, 1.165) is 0 Å². The molecule has 0 aliphatic carbocycles. The van der Waals surface area contributed by atoms with Crippen molar-refractivity contribution >= 4 is 37.9 Å². The Hall–Kier alpha value is 0.560. The summed E-state index contributed by atoms with van der Waals surface area (Å²) >= 11 is 5.26. The Bertz CT molecular complexity index is 62.6. The summed E-state index contributed by atoms with van der Waals surface area (Å²) in [6.45, 7) is 0. The predicted octanol–water partition coefficient (Wildman–Crippen LogP) is 1.60. The fourth-order valence-corrected chi connectivity index (χ4v) is 0.